The molecule has 3 atom stereocenters. The molecule has 108 valence electrons. The van der Waals surface area contributed by atoms with Crippen LogP contribution >= 0.6 is 15.9 Å². The van der Waals surface area contributed by atoms with Crippen molar-refractivity contribution in [1.82, 2.24) is 0 Å². The fourth-order valence-electron chi connectivity index (χ4n) is 3.88. The molecule has 0 spiro atoms. The van der Waals surface area contributed by atoms with Crippen molar-refractivity contribution in [2.24, 2.45) is 17.8 Å². The molecular formula is C17H22BrNO. The van der Waals surface area contributed by atoms with Gasteiger partial charge in [0, 0.05) is 16.9 Å². The molecule has 3 unspecified atom stereocenters. The molecule has 2 bridgehead atoms. The second-order valence-electron chi connectivity index (χ2n) is 6.26. The number of fused-ring (bicyclic) bond motifs is 2. The lowest BCUT2D eigenvalue weighted by Gasteiger charge is -2.21. The molecule has 2 saturated carbocycles. The topological polar surface area (TPSA) is 29.1 Å². The largest absolute Gasteiger partial charge is 0.326 e. The number of halogens is 1. The fraction of sp³-hybridized carbons (Fsp3) is 0.588. The smallest absolute Gasteiger partial charge is 0.227 e. The first-order valence-corrected chi connectivity index (χ1v) is 8.84. The number of carbonyl (C=O) groups excluding carboxylic acids is 1. The van der Waals surface area contributed by atoms with Gasteiger partial charge < -0.3 is 5.32 Å². The lowest BCUT2D eigenvalue weighted by atomic mass is 9.88. The van der Waals surface area contributed by atoms with Crippen LogP contribution in [0.4, 0.5) is 5.69 Å². The molecule has 1 aromatic carbocycles. The van der Waals surface area contributed by atoms with Gasteiger partial charge in [-0.15, -0.1) is 0 Å². The minimum absolute atomic E-state index is 0.245. The number of anilines is 1. The molecule has 20 heavy (non-hydrogen) atoms. The molecule has 0 radical (unpaired) electrons. The van der Waals surface area contributed by atoms with Crippen molar-refractivity contribution in [1.29, 1.82) is 0 Å². The molecule has 0 aliphatic heterocycles. The Morgan fingerprint density at radius 2 is 2.20 bits per heavy atom. The van der Waals surface area contributed by atoms with E-state index in [4.69, 9.17) is 0 Å². The highest BCUT2D eigenvalue weighted by Gasteiger charge is 2.42. The van der Waals surface area contributed by atoms with Gasteiger partial charge in [0.25, 0.3) is 0 Å². The number of rotatable bonds is 5. The van der Waals surface area contributed by atoms with Crippen LogP contribution in [0.5, 0.6) is 0 Å². The van der Waals surface area contributed by atoms with E-state index in [1.54, 1.807) is 0 Å². The van der Waals surface area contributed by atoms with Gasteiger partial charge in [-0.2, -0.15) is 0 Å². The summed E-state index contributed by atoms with van der Waals surface area (Å²) >= 11 is 3.46. The Balaban J connectivity index is 1.61. The Labute approximate surface area is 129 Å². The first kappa shape index (κ1) is 14.1. The maximum Gasteiger partial charge on any atom is 0.227 e. The molecule has 2 fully saturated rings. The SMILES string of the molecule is O=C(Nc1cccc(CCCBr)c1)C1CC2CCC1C2. The number of alkyl halides is 1. The predicted octanol–water partition coefficient (Wildman–Crippen LogP) is 4.39. The van der Waals surface area contributed by atoms with Crippen molar-refractivity contribution in [3.8, 4) is 0 Å². The van der Waals surface area contributed by atoms with Crippen LogP contribution in [-0.2, 0) is 11.2 Å². The number of carbonyl (C=O) groups is 1. The van der Waals surface area contributed by atoms with E-state index in [9.17, 15) is 4.79 Å². The van der Waals surface area contributed by atoms with E-state index >= 15 is 0 Å². The average molecular weight is 336 g/mol. The second-order valence-corrected chi connectivity index (χ2v) is 7.06. The highest BCUT2D eigenvalue weighted by molar-refractivity contribution is 9.09. The highest BCUT2D eigenvalue weighted by Crippen LogP contribution is 2.48. The zero-order chi connectivity index (χ0) is 13.9. The zero-order valence-corrected chi connectivity index (χ0v) is 13.4. The van der Waals surface area contributed by atoms with Crippen molar-refractivity contribution >= 4 is 27.5 Å². The van der Waals surface area contributed by atoms with Gasteiger partial charge in [0.2, 0.25) is 5.91 Å². The van der Waals surface area contributed by atoms with Gasteiger partial charge in [0.1, 0.15) is 0 Å². The van der Waals surface area contributed by atoms with Crippen molar-refractivity contribution in [3.05, 3.63) is 29.8 Å². The first-order chi connectivity index (χ1) is 9.76. The number of hydrogen-bond acceptors (Lipinski definition) is 1. The predicted molar refractivity (Wildman–Crippen MR) is 86.1 cm³/mol. The van der Waals surface area contributed by atoms with Crippen molar-refractivity contribution < 1.29 is 4.79 Å². The summed E-state index contributed by atoms with van der Waals surface area (Å²) in [6, 6.07) is 8.30. The van der Waals surface area contributed by atoms with Crippen LogP contribution in [0.15, 0.2) is 24.3 Å². The van der Waals surface area contributed by atoms with E-state index < -0.39 is 0 Å². The van der Waals surface area contributed by atoms with Gasteiger partial charge in [-0.25, -0.2) is 0 Å². The monoisotopic (exact) mass is 335 g/mol. The summed E-state index contributed by atoms with van der Waals surface area (Å²) in [6.45, 7) is 0. The summed E-state index contributed by atoms with van der Waals surface area (Å²) in [5.74, 6) is 1.98. The summed E-state index contributed by atoms with van der Waals surface area (Å²) in [5, 5.41) is 4.16. The van der Waals surface area contributed by atoms with Gasteiger partial charge in [0.15, 0.2) is 0 Å². The van der Waals surface area contributed by atoms with E-state index in [0.717, 1.165) is 36.2 Å². The lowest BCUT2D eigenvalue weighted by molar-refractivity contribution is -0.121. The fourth-order valence-corrected chi connectivity index (χ4v) is 4.16. The molecule has 0 heterocycles. The van der Waals surface area contributed by atoms with E-state index in [0.29, 0.717) is 5.92 Å². The molecular weight excluding hydrogens is 314 g/mol. The molecule has 2 aliphatic rings. The Morgan fingerprint density at radius 1 is 1.30 bits per heavy atom. The van der Waals surface area contributed by atoms with Crippen LogP contribution in [-0.4, -0.2) is 11.2 Å². The van der Waals surface area contributed by atoms with E-state index in [1.165, 1.54) is 24.8 Å². The van der Waals surface area contributed by atoms with E-state index in [2.05, 4.69) is 33.4 Å². The number of amides is 1. The molecule has 1 aromatic rings. The van der Waals surface area contributed by atoms with Crippen LogP contribution in [0.25, 0.3) is 0 Å². The molecule has 3 heteroatoms. The minimum atomic E-state index is 0.245. The highest BCUT2D eigenvalue weighted by atomic mass is 79.9. The third-order valence-corrected chi connectivity index (χ3v) is 5.43. The summed E-state index contributed by atoms with van der Waals surface area (Å²) in [6.07, 6.45) is 7.18. The lowest BCUT2D eigenvalue weighted by Crippen LogP contribution is -2.27. The normalized spacial score (nSPS) is 27.8. The van der Waals surface area contributed by atoms with Crippen molar-refractivity contribution in [2.45, 2.75) is 38.5 Å². The minimum Gasteiger partial charge on any atom is -0.326 e. The molecule has 0 aromatic heterocycles. The molecule has 1 amide bonds. The summed E-state index contributed by atoms with van der Waals surface area (Å²) in [5.41, 5.74) is 2.26. The van der Waals surface area contributed by atoms with Gasteiger partial charge >= 0.3 is 0 Å². The first-order valence-electron chi connectivity index (χ1n) is 7.72. The molecule has 2 nitrogen and oxygen atoms in total. The zero-order valence-electron chi connectivity index (χ0n) is 11.8. The standard InChI is InChI=1S/C17H22BrNO/c18-8-2-4-12-3-1-5-15(10-12)19-17(20)16-11-13-6-7-14(16)9-13/h1,3,5,10,13-14,16H,2,4,6-9,11H2,(H,19,20). The van der Waals surface area contributed by atoms with Crippen LogP contribution < -0.4 is 5.32 Å². The van der Waals surface area contributed by atoms with Gasteiger partial charge in [-0.3, -0.25) is 4.79 Å². The van der Waals surface area contributed by atoms with Crippen LogP contribution in [0, 0.1) is 17.8 Å². The summed E-state index contributed by atoms with van der Waals surface area (Å²) in [7, 11) is 0. The number of benzene rings is 1. The second kappa shape index (κ2) is 6.30. The molecule has 3 rings (SSSR count). The van der Waals surface area contributed by atoms with Gasteiger partial charge in [-0.1, -0.05) is 34.5 Å². The summed E-state index contributed by atoms with van der Waals surface area (Å²) in [4.78, 5) is 12.4. The number of hydrogen-bond donors (Lipinski definition) is 1. The maximum atomic E-state index is 12.4. The van der Waals surface area contributed by atoms with Crippen LogP contribution in [0.2, 0.25) is 0 Å². The average Bonchev–Trinajstić information content (AvgIpc) is 3.08. The van der Waals surface area contributed by atoms with Gasteiger partial charge in [-0.05, 0) is 61.6 Å². The third-order valence-electron chi connectivity index (χ3n) is 4.87. The van der Waals surface area contributed by atoms with Crippen LogP contribution in [0.3, 0.4) is 0 Å². The summed E-state index contributed by atoms with van der Waals surface area (Å²) < 4.78 is 0. The Bertz CT molecular complexity index is 488. The third kappa shape index (κ3) is 3.08. The van der Waals surface area contributed by atoms with E-state index in [1.807, 2.05) is 12.1 Å². The van der Waals surface area contributed by atoms with Crippen molar-refractivity contribution in [2.75, 3.05) is 10.6 Å². The Hall–Kier alpha value is -0.830. The molecule has 1 N–H and O–H groups in total. The quantitative estimate of drug-likeness (QED) is 0.794. The number of aryl methyl sites for hydroxylation is 1. The van der Waals surface area contributed by atoms with Crippen LogP contribution in [0.1, 0.15) is 37.7 Å². The van der Waals surface area contributed by atoms with Gasteiger partial charge in [0.05, 0.1) is 0 Å². The Kier molecular flexibility index (Phi) is 4.45. The number of nitrogens with one attached hydrogen (secondary N) is 1. The van der Waals surface area contributed by atoms with Crippen molar-refractivity contribution in [3.63, 3.8) is 0 Å². The maximum absolute atomic E-state index is 12.4. The van der Waals surface area contributed by atoms with E-state index in [-0.39, 0.29) is 11.8 Å². The molecule has 2 aliphatic carbocycles. The molecule has 0 saturated heterocycles. The Morgan fingerprint density at radius 3 is 2.90 bits per heavy atom.